The quantitative estimate of drug-likeness (QED) is 0.624. The number of halogens is 1. The fourth-order valence-corrected chi connectivity index (χ4v) is 1.30. The van der Waals surface area contributed by atoms with Crippen molar-refractivity contribution in [2.45, 2.75) is 6.92 Å². The Morgan fingerprint density at radius 1 is 1.44 bits per heavy atom. The maximum atomic E-state index is 13.1. The molecule has 0 spiro atoms. The van der Waals surface area contributed by atoms with Crippen molar-refractivity contribution in [1.29, 1.82) is 0 Å². The Kier molecular flexibility index (Phi) is 5.70. The molecule has 1 aromatic rings. The van der Waals surface area contributed by atoms with E-state index in [-0.39, 0.29) is 5.82 Å². The summed E-state index contributed by atoms with van der Waals surface area (Å²) < 4.78 is 22.8. The normalized spacial score (nSPS) is 10.4. The van der Waals surface area contributed by atoms with E-state index in [4.69, 9.17) is 9.47 Å². The van der Waals surface area contributed by atoms with Crippen LogP contribution in [0.1, 0.15) is 6.92 Å². The minimum atomic E-state index is -0.392. The monoisotopic (exact) mass is 253 g/mol. The summed E-state index contributed by atoms with van der Waals surface area (Å²) >= 11 is 0. The number of methoxy groups -OCH3 is 1. The minimum absolute atomic E-state index is 0.345. The zero-order chi connectivity index (χ0) is 13.4. The molecule has 0 radical (unpaired) electrons. The number of carbonyl (C=O) groups excluding carboxylic acids is 1. The van der Waals surface area contributed by atoms with Gasteiger partial charge in [-0.2, -0.15) is 0 Å². The molecule has 4 nitrogen and oxygen atoms in total. The molecule has 0 saturated carbocycles. The lowest BCUT2D eigenvalue weighted by Gasteiger charge is -2.06. The maximum absolute atomic E-state index is 13.1. The molecular weight excluding hydrogens is 237 g/mol. The number of nitrogens with one attached hydrogen (secondary N) is 1. The van der Waals surface area contributed by atoms with Crippen LogP contribution in [0.3, 0.4) is 0 Å². The Hall–Kier alpha value is -2.04. The van der Waals surface area contributed by atoms with Gasteiger partial charge in [-0.3, -0.25) is 0 Å². The van der Waals surface area contributed by atoms with Crippen LogP contribution in [0.4, 0.5) is 10.1 Å². The predicted molar refractivity (Wildman–Crippen MR) is 67.2 cm³/mol. The second kappa shape index (κ2) is 7.32. The van der Waals surface area contributed by atoms with Crippen LogP contribution in [-0.2, 0) is 9.53 Å². The Labute approximate surface area is 105 Å². The van der Waals surface area contributed by atoms with Crippen molar-refractivity contribution in [3.8, 4) is 5.75 Å². The summed E-state index contributed by atoms with van der Waals surface area (Å²) in [5.41, 5.74) is 0.584. The molecule has 0 aromatic heterocycles. The highest BCUT2D eigenvalue weighted by Crippen LogP contribution is 2.19. The van der Waals surface area contributed by atoms with E-state index in [0.717, 1.165) is 0 Å². The first-order valence-corrected chi connectivity index (χ1v) is 5.57. The maximum Gasteiger partial charge on any atom is 0.330 e. The SMILES string of the molecule is CCOC(=O)/C=C/CNc1cc(F)cc(OC)c1. The smallest absolute Gasteiger partial charge is 0.330 e. The highest BCUT2D eigenvalue weighted by atomic mass is 19.1. The van der Waals surface area contributed by atoms with E-state index in [9.17, 15) is 9.18 Å². The predicted octanol–water partition coefficient (Wildman–Crippen LogP) is 2.37. The average molecular weight is 253 g/mol. The van der Waals surface area contributed by atoms with Crippen molar-refractivity contribution in [2.75, 3.05) is 25.6 Å². The number of rotatable bonds is 6. The van der Waals surface area contributed by atoms with Crippen LogP contribution in [-0.4, -0.2) is 26.2 Å². The van der Waals surface area contributed by atoms with Gasteiger partial charge in [0, 0.05) is 30.4 Å². The van der Waals surface area contributed by atoms with E-state index in [0.29, 0.717) is 24.6 Å². The number of ether oxygens (including phenoxy) is 2. The van der Waals surface area contributed by atoms with Crippen LogP contribution in [0, 0.1) is 5.82 Å². The molecule has 0 saturated heterocycles. The second-order valence-electron chi connectivity index (χ2n) is 3.42. The molecule has 0 unspecified atom stereocenters. The first-order valence-electron chi connectivity index (χ1n) is 5.57. The van der Waals surface area contributed by atoms with Gasteiger partial charge in [0.25, 0.3) is 0 Å². The summed E-state index contributed by atoms with van der Waals surface area (Å²) in [5.74, 6) is -0.339. The van der Waals surface area contributed by atoms with Crippen molar-refractivity contribution in [2.24, 2.45) is 0 Å². The van der Waals surface area contributed by atoms with Gasteiger partial charge in [0.15, 0.2) is 0 Å². The van der Waals surface area contributed by atoms with Crippen LogP contribution in [0.25, 0.3) is 0 Å². The molecule has 0 atom stereocenters. The first kappa shape index (κ1) is 14.0. The zero-order valence-corrected chi connectivity index (χ0v) is 10.4. The van der Waals surface area contributed by atoms with Gasteiger partial charge in [-0.15, -0.1) is 0 Å². The van der Waals surface area contributed by atoms with Crippen molar-refractivity contribution in [3.05, 3.63) is 36.2 Å². The topological polar surface area (TPSA) is 47.6 Å². The van der Waals surface area contributed by atoms with Crippen LogP contribution >= 0.6 is 0 Å². The molecule has 1 aromatic carbocycles. The van der Waals surface area contributed by atoms with Crippen molar-refractivity contribution in [3.63, 3.8) is 0 Å². The third-order valence-corrected chi connectivity index (χ3v) is 2.07. The number of esters is 1. The molecule has 0 aliphatic heterocycles. The molecule has 1 N–H and O–H groups in total. The summed E-state index contributed by atoms with van der Waals surface area (Å²) in [6.45, 7) is 2.48. The molecule has 0 bridgehead atoms. The Bertz CT molecular complexity index is 432. The lowest BCUT2D eigenvalue weighted by atomic mass is 10.3. The third-order valence-electron chi connectivity index (χ3n) is 2.07. The Balaban J connectivity index is 2.48. The van der Waals surface area contributed by atoms with Gasteiger partial charge in [0.1, 0.15) is 11.6 Å². The van der Waals surface area contributed by atoms with Gasteiger partial charge in [0.05, 0.1) is 13.7 Å². The molecule has 0 aliphatic carbocycles. The van der Waals surface area contributed by atoms with Crippen LogP contribution in [0.15, 0.2) is 30.4 Å². The fourth-order valence-electron chi connectivity index (χ4n) is 1.30. The van der Waals surface area contributed by atoms with E-state index in [1.165, 1.54) is 25.3 Å². The Morgan fingerprint density at radius 3 is 2.89 bits per heavy atom. The first-order chi connectivity index (χ1) is 8.65. The lowest BCUT2D eigenvalue weighted by Crippen LogP contribution is -2.02. The fraction of sp³-hybridized carbons (Fsp3) is 0.308. The molecule has 0 fully saturated rings. The summed E-state index contributed by atoms with van der Waals surface area (Å²) in [6.07, 6.45) is 2.93. The number of carbonyl (C=O) groups is 1. The molecule has 0 heterocycles. The molecule has 0 amide bonds. The van der Waals surface area contributed by atoms with Gasteiger partial charge in [-0.05, 0) is 13.0 Å². The second-order valence-corrected chi connectivity index (χ2v) is 3.42. The van der Waals surface area contributed by atoms with Gasteiger partial charge < -0.3 is 14.8 Å². The van der Waals surface area contributed by atoms with Crippen molar-refractivity contribution in [1.82, 2.24) is 0 Å². The van der Waals surface area contributed by atoms with E-state index < -0.39 is 5.97 Å². The molecule has 5 heteroatoms. The minimum Gasteiger partial charge on any atom is -0.497 e. The van der Waals surface area contributed by atoms with Gasteiger partial charge in [-0.1, -0.05) is 6.08 Å². The molecule has 0 aliphatic rings. The number of hydrogen-bond acceptors (Lipinski definition) is 4. The summed E-state index contributed by atoms with van der Waals surface area (Å²) in [4.78, 5) is 11.0. The molecule has 18 heavy (non-hydrogen) atoms. The van der Waals surface area contributed by atoms with Crippen LogP contribution in [0.5, 0.6) is 5.75 Å². The van der Waals surface area contributed by atoms with Crippen molar-refractivity contribution < 1.29 is 18.7 Å². The van der Waals surface area contributed by atoms with Gasteiger partial charge >= 0.3 is 5.97 Å². The summed E-state index contributed by atoms with van der Waals surface area (Å²) in [5, 5.41) is 2.94. The van der Waals surface area contributed by atoms with Crippen LogP contribution in [0.2, 0.25) is 0 Å². The van der Waals surface area contributed by atoms with Gasteiger partial charge in [-0.25, -0.2) is 9.18 Å². The van der Waals surface area contributed by atoms with E-state index in [1.54, 1.807) is 19.1 Å². The molecular formula is C13H16FNO3. The molecule has 1 rings (SSSR count). The van der Waals surface area contributed by atoms with E-state index in [2.05, 4.69) is 5.32 Å². The Morgan fingerprint density at radius 2 is 2.22 bits per heavy atom. The zero-order valence-electron chi connectivity index (χ0n) is 10.4. The van der Waals surface area contributed by atoms with Crippen LogP contribution < -0.4 is 10.1 Å². The average Bonchev–Trinajstić information content (AvgIpc) is 2.34. The van der Waals surface area contributed by atoms with Crippen molar-refractivity contribution >= 4 is 11.7 Å². The summed E-state index contributed by atoms with van der Waals surface area (Å²) in [7, 11) is 1.47. The number of anilines is 1. The van der Waals surface area contributed by atoms with Gasteiger partial charge in [0.2, 0.25) is 0 Å². The summed E-state index contributed by atoms with van der Waals surface area (Å²) in [6, 6.07) is 4.31. The standard InChI is InChI=1S/C13H16FNO3/c1-3-18-13(16)5-4-6-15-11-7-10(14)8-12(9-11)17-2/h4-5,7-9,15H,3,6H2,1-2H3/b5-4+. The largest absolute Gasteiger partial charge is 0.497 e. The third kappa shape index (κ3) is 4.86. The van der Waals surface area contributed by atoms with E-state index >= 15 is 0 Å². The van der Waals surface area contributed by atoms with E-state index in [1.807, 2.05) is 0 Å². The number of benzene rings is 1. The highest BCUT2D eigenvalue weighted by Gasteiger charge is 1.99. The molecule has 98 valence electrons. The highest BCUT2D eigenvalue weighted by molar-refractivity contribution is 5.81. The lowest BCUT2D eigenvalue weighted by molar-refractivity contribution is -0.137. The number of hydrogen-bond donors (Lipinski definition) is 1.